The quantitative estimate of drug-likeness (QED) is 0.641. The second kappa shape index (κ2) is 9.74. The number of thioether (sulfide) groups is 1. The number of hydrogen-bond donors (Lipinski definition) is 2. The van der Waals surface area contributed by atoms with E-state index in [1.165, 1.54) is 24.3 Å². The highest BCUT2D eigenvalue weighted by Crippen LogP contribution is 2.24. The van der Waals surface area contributed by atoms with Crippen LogP contribution in [-0.2, 0) is 9.53 Å². The maximum atomic E-state index is 11.6. The summed E-state index contributed by atoms with van der Waals surface area (Å²) in [6, 6.07) is 0. The summed E-state index contributed by atoms with van der Waals surface area (Å²) in [6.45, 7) is 1.71. The van der Waals surface area contributed by atoms with Crippen LogP contribution in [0.15, 0.2) is 0 Å². The van der Waals surface area contributed by atoms with E-state index in [1.54, 1.807) is 0 Å². The molecule has 0 aliphatic carbocycles. The van der Waals surface area contributed by atoms with Crippen molar-refractivity contribution in [2.24, 2.45) is 5.92 Å². The fourth-order valence-corrected chi connectivity index (χ4v) is 3.06. The average Bonchev–Trinajstić information content (AvgIpc) is 2.35. The number of carbonyl (C=O) groups is 1. The molecule has 17 heavy (non-hydrogen) atoms. The number of carbonyl (C=O) groups excluding carboxylic acids is 1. The molecule has 1 saturated heterocycles. The van der Waals surface area contributed by atoms with Gasteiger partial charge in [-0.2, -0.15) is 11.8 Å². The van der Waals surface area contributed by atoms with Gasteiger partial charge in [0.15, 0.2) is 0 Å². The molecule has 0 aromatic heterocycles. The van der Waals surface area contributed by atoms with E-state index < -0.39 is 0 Å². The van der Waals surface area contributed by atoms with Crippen molar-refractivity contribution < 1.29 is 14.6 Å². The Kier molecular flexibility index (Phi) is 8.48. The molecule has 100 valence electrons. The lowest BCUT2D eigenvalue weighted by Crippen LogP contribution is -2.28. The molecule has 1 aliphatic heterocycles. The van der Waals surface area contributed by atoms with Crippen molar-refractivity contribution in [3.63, 3.8) is 0 Å². The van der Waals surface area contributed by atoms with Gasteiger partial charge in [-0.1, -0.05) is 0 Å². The molecule has 0 bridgehead atoms. The molecule has 1 rings (SSSR count). The fraction of sp³-hybridized carbons (Fsp3) is 0.917. The Hall–Kier alpha value is -0.260. The molecule has 1 fully saturated rings. The molecule has 0 aromatic rings. The summed E-state index contributed by atoms with van der Waals surface area (Å²) in [4.78, 5) is 11.6. The van der Waals surface area contributed by atoms with Gasteiger partial charge in [-0.3, -0.25) is 4.79 Å². The van der Waals surface area contributed by atoms with Gasteiger partial charge in [0.1, 0.15) is 0 Å². The number of nitrogens with one attached hydrogen (secondary N) is 1. The lowest BCUT2D eigenvalue weighted by Gasteiger charge is -2.20. The van der Waals surface area contributed by atoms with E-state index in [0.717, 1.165) is 6.42 Å². The summed E-state index contributed by atoms with van der Waals surface area (Å²) in [6.07, 6.45) is 3.85. The smallest absolute Gasteiger partial charge is 0.220 e. The Morgan fingerprint density at radius 3 is 2.82 bits per heavy atom. The average molecular weight is 261 g/mol. The monoisotopic (exact) mass is 261 g/mol. The highest BCUT2D eigenvalue weighted by Gasteiger charge is 2.16. The number of amides is 1. The SMILES string of the molecule is O=C(CC1CCSCC1)NCCCOCCO. The summed E-state index contributed by atoms with van der Waals surface area (Å²) >= 11 is 1.99. The van der Waals surface area contributed by atoms with Gasteiger partial charge in [-0.05, 0) is 36.7 Å². The van der Waals surface area contributed by atoms with Crippen LogP contribution in [0.25, 0.3) is 0 Å². The van der Waals surface area contributed by atoms with E-state index in [-0.39, 0.29) is 12.5 Å². The minimum absolute atomic E-state index is 0.0616. The van der Waals surface area contributed by atoms with Crippen molar-refractivity contribution in [1.82, 2.24) is 5.32 Å². The first-order valence-electron chi connectivity index (χ1n) is 6.36. The molecule has 1 amide bonds. The maximum absolute atomic E-state index is 11.6. The molecular formula is C12H23NO3S. The van der Waals surface area contributed by atoms with Crippen molar-refractivity contribution in [2.45, 2.75) is 25.7 Å². The van der Waals surface area contributed by atoms with Crippen LogP contribution in [-0.4, -0.2) is 48.9 Å². The zero-order chi connectivity index (χ0) is 12.3. The molecule has 4 nitrogen and oxygen atoms in total. The third-order valence-electron chi connectivity index (χ3n) is 2.84. The summed E-state index contributed by atoms with van der Waals surface area (Å²) in [5.41, 5.74) is 0. The van der Waals surface area contributed by atoms with E-state index in [1.807, 2.05) is 11.8 Å². The summed E-state index contributed by atoms with van der Waals surface area (Å²) in [5.74, 6) is 3.16. The molecule has 0 unspecified atom stereocenters. The van der Waals surface area contributed by atoms with Crippen molar-refractivity contribution >= 4 is 17.7 Å². The molecular weight excluding hydrogens is 238 g/mol. The van der Waals surface area contributed by atoms with Crippen LogP contribution in [0, 0.1) is 5.92 Å². The highest BCUT2D eigenvalue weighted by molar-refractivity contribution is 7.99. The largest absolute Gasteiger partial charge is 0.394 e. The Labute approximate surface area is 107 Å². The molecule has 1 heterocycles. The first-order chi connectivity index (χ1) is 8.33. The molecule has 2 N–H and O–H groups in total. The second-order valence-electron chi connectivity index (χ2n) is 4.30. The number of hydrogen-bond acceptors (Lipinski definition) is 4. The van der Waals surface area contributed by atoms with Gasteiger partial charge >= 0.3 is 0 Å². The highest BCUT2D eigenvalue weighted by atomic mass is 32.2. The second-order valence-corrected chi connectivity index (χ2v) is 5.52. The fourth-order valence-electron chi connectivity index (χ4n) is 1.85. The van der Waals surface area contributed by atoms with Gasteiger partial charge in [0.05, 0.1) is 13.2 Å². The zero-order valence-corrected chi connectivity index (χ0v) is 11.1. The molecule has 0 atom stereocenters. The lowest BCUT2D eigenvalue weighted by atomic mass is 9.98. The minimum Gasteiger partial charge on any atom is -0.394 e. The number of rotatable bonds is 8. The van der Waals surface area contributed by atoms with E-state index in [0.29, 0.717) is 32.1 Å². The van der Waals surface area contributed by atoms with E-state index >= 15 is 0 Å². The van der Waals surface area contributed by atoms with E-state index in [4.69, 9.17) is 9.84 Å². The predicted octanol–water partition coefficient (Wildman–Crippen LogP) is 1.03. The van der Waals surface area contributed by atoms with Crippen LogP contribution >= 0.6 is 11.8 Å². The molecule has 0 radical (unpaired) electrons. The van der Waals surface area contributed by atoms with Gasteiger partial charge in [0.2, 0.25) is 5.91 Å². The summed E-state index contributed by atoms with van der Waals surface area (Å²) in [7, 11) is 0. The van der Waals surface area contributed by atoms with Crippen LogP contribution in [0.3, 0.4) is 0 Å². The Bertz CT molecular complexity index is 208. The van der Waals surface area contributed by atoms with Crippen LogP contribution in [0.1, 0.15) is 25.7 Å². The molecule has 1 aliphatic rings. The maximum Gasteiger partial charge on any atom is 0.220 e. The third-order valence-corrected chi connectivity index (χ3v) is 3.89. The van der Waals surface area contributed by atoms with Crippen LogP contribution in [0.2, 0.25) is 0 Å². The number of aliphatic hydroxyl groups is 1. The van der Waals surface area contributed by atoms with Gasteiger partial charge in [0, 0.05) is 19.6 Å². The summed E-state index contributed by atoms with van der Waals surface area (Å²) in [5, 5.41) is 11.4. The number of ether oxygens (including phenoxy) is 1. The van der Waals surface area contributed by atoms with Crippen molar-refractivity contribution in [1.29, 1.82) is 0 Å². The predicted molar refractivity (Wildman–Crippen MR) is 70.2 cm³/mol. The Morgan fingerprint density at radius 1 is 1.35 bits per heavy atom. The number of aliphatic hydroxyl groups excluding tert-OH is 1. The van der Waals surface area contributed by atoms with Crippen molar-refractivity contribution in [3.8, 4) is 0 Å². The van der Waals surface area contributed by atoms with E-state index in [2.05, 4.69) is 5.32 Å². The standard InChI is InChI=1S/C12H23NO3S/c14-5-7-16-6-1-4-13-12(15)10-11-2-8-17-9-3-11/h11,14H,1-10H2,(H,13,15). The molecule has 0 spiro atoms. The normalized spacial score (nSPS) is 17.0. The van der Waals surface area contributed by atoms with Crippen molar-refractivity contribution in [3.05, 3.63) is 0 Å². The van der Waals surface area contributed by atoms with Gasteiger partial charge in [-0.25, -0.2) is 0 Å². The Balaban J connectivity index is 1.93. The lowest BCUT2D eigenvalue weighted by molar-refractivity contribution is -0.122. The van der Waals surface area contributed by atoms with Crippen LogP contribution in [0.4, 0.5) is 0 Å². The minimum atomic E-state index is 0.0616. The van der Waals surface area contributed by atoms with E-state index in [9.17, 15) is 4.79 Å². The van der Waals surface area contributed by atoms with Crippen LogP contribution in [0.5, 0.6) is 0 Å². The molecule has 0 saturated carbocycles. The summed E-state index contributed by atoms with van der Waals surface area (Å²) < 4.78 is 5.11. The third kappa shape index (κ3) is 7.63. The van der Waals surface area contributed by atoms with Gasteiger partial charge in [-0.15, -0.1) is 0 Å². The first-order valence-corrected chi connectivity index (χ1v) is 7.51. The zero-order valence-electron chi connectivity index (χ0n) is 10.3. The molecule has 5 heteroatoms. The molecule has 0 aromatic carbocycles. The van der Waals surface area contributed by atoms with Gasteiger partial charge in [0.25, 0.3) is 0 Å². The first kappa shape index (κ1) is 14.8. The van der Waals surface area contributed by atoms with Crippen molar-refractivity contribution in [2.75, 3.05) is 37.9 Å². The van der Waals surface area contributed by atoms with Crippen LogP contribution < -0.4 is 5.32 Å². The Morgan fingerprint density at radius 2 is 2.12 bits per heavy atom. The topological polar surface area (TPSA) is 58.6 Å². The van der Waals surface area contributed by atoms with Gasteiger partial charge < -0.3 is 15.2 Å².